The number of hydrogen-bond donors (Lipinski definition) is 1. The molecule has 0 aliphatic heterocycles. The van der Waals surface area contributed by atoms with E-state index in [1.54, 1.807) is 0 Å². The van der Waals surface area contributed by atoms with Gasteiger partial charge in [-0.3, -0.25) is 4.79 Å². The smallest absolute Gasteiger partial charge is 0.217 e. The summed E-state index contributed by atoms with van der Waals surface area (Å²) in [5.41, 5.74) is 13.0. The van der Waals surface area contributed by atoms with Gasteiger partial charge in [0.2, 0.25) is 5.91 Å². The monoisotopic (exact) mass is 184 g/mol. The number of rotatable bonds is 8. The number of carbonyl (C=O) groups is 1. The zero-order chi connectivity index (χ0) is 9.94. The molecule has 0 aliphatic carbocycles. The molecule has 0 heterocycles. The van der Waals surface area contributed by atoms with E-state index in [0.29, 0.717) is 13.0 Å². The molecule has 0 radical (unpaired) electrons. The van der Waals surface area contributed by atoms with Crippen LogP contribution in [0.4, 0.5) is 0 Å². The number of nitrogens with two attached hydrogens (primary N) is 1. The Labute approximate surface area is 77.9 Å². The summed E-state index contributed by atoms with van der Waals surface area (Å²) >= 11 is 0. The van der Waals surface area contributed by atoms with Crippen LogP contribution in [0.3, 0.4) is 0 Å². The van der Waals surface area contributed by atoms with Gasteiger partial charge >= 0.3 is 0 Å². The number of unbranched alkanes of at least 4 members (excludes halogenated alkanes) is 4. The minimum atomic E-state index is -0.228. The maximum Gasteiger partial charge on any atom is 0.217 e. The molecule has 0 spiro atoms. The number of hydrogen-bond acceptors (Lipinski definition) is 2. The Morgan fingerprint density at radius 1 is 1.23 bits per heavy atom. The molecule has 0 bridgehead atoms. The third-order valence-electron chi connectivity index (χ3n) is 1.74. The van der Waals surface area contributed by atoms with Crippen LogP contribution in [0.1, 0.15) is 38.5 Å². The first-order chi connectivity index (χ1) is 6.27. The van der Waals surface area contributed by atoms with Gasteiger partial charge in [0, 0.05) is 17.9 Å². The van der Waals surface area contributed by atoms with Crippen molar-refractivity contribution in [3.05, 3.63) is 10.4 Å². The van der Waals surface area contributed by atoms with Crippen molar-refractivity contribution in [1.82, 2.24) is 0 Å². The van der Waals surface area contributed by atoms with Crippen molar-refractivity contribution in [2.45, 2.75) is 38.5 Å². The molecule has 74 valence electrons. The molecule has 0 saturated carbocycles. The van der Waals surface area contributed by atoms with Crippen molar-refractivity contribution in [1.29, 1.82) is 0 Å². The lowest BCUT2D eigenvalue weighted by atomic mass is 10.1. The Bertz CT molecular complexity index is 181. The summed E-state index contributed by atoms with van der Waals surface area (Å²) in [4.78, 5) is 13.0. The fourth-order valence-corrected chi connectivity index (χ4v) is 1.06. The molecule has 0 aromatic heterocycles. The number of primary amides is 1. The van der Waals surface area contributed by atoms with Crippen molar-refractivity contribution in [3.8, 4) is 0 Å². The molecule has 2 N–H and O–H groups in total. The summed E-state index contributed by atoms with van der Waals surface area (Å²) < 4.78 is 0. The molecular weight excluding hydrogens is 168 g/mol. The highest BCUT2D eigenvalue weighted by atomic mass is 16.1. The van der Waals surface area contributed by atoms with Crippen LogP contribution >= 0.6 is 0 Å². The quantitative estimate of drug-likeness (QED) is 0.266. The van der Waals surface area contributed by atoms with Gasteiger partial charge < -0.3 is 5.73 Å². The lowest BCUT2D eigenvalue weighted by Gasteiger charge is -1.97. The maximum absolute atomic E-state index is 10.3. The van der Waals surface area contributed by atoms with E-state index in [4.69, 9.17) is 11.3 Å². The summed E-state index contributed by atoms with van der Waals surface area (Å²) in [6.45, 7) is 0.576. The van der Waals surface area contributed by atoms with Crippen LogP contribution in [0.15, 0.2) is 5.11 Å². The lowest BCUT2D eigenvalue weighted by molar-refractivity contribution is -0.118. The Morgan fingerprint density at radius 2 is 1.85 bits per heavy atom. The third-order valence-corrected chi connectivity index (χ3v) is 1.74. The Balaban J connectivity index is 2.99. The Morgan fingerprint density at radius 3 is 2.46 bits per heavy atom. The number of nitrogens with zero attached hydrogens (tertiary/aromatic N) is 3. The summed E-state index contributed by atoms with van der Waals surface area (Å²) in [7, 11) is 0. The van der Waals surface area contributed by atoms with Gasteiger partial charge in [-0.25, -0.2) is 0 Å². The van der Waals surface area contributed by atoms with E-state index in [1.165, 1.54) is 0 Å². The minimum absolute atomic E-state index is 0.228. The first-order valence-corrected chi connectivity index (χ1v) is 4.56. The van der Waals surface area contributed by atoms with Crippen LogP contribution in [0, 0.1) is 0 Å². The van der Waals surface area contributed by atoms with Gasteiger partial charge in [-0.15, -0.1) is 0 Å². The number of carbonyl (C=O) groups excluding carboxylic acids is 1. The summed E-state index contributed by atoms with van der Waals surface area (Å²) in [6.07, 6.45) is 5.44. The van der Waals surface area contributed by atoms with E-state index in [-0.39, 0.29) is 5.91 Å². The Kier molecular flexibility index (Phi) is 8.04. The van der Waals surface area contributed by atoms with E-state index in [1.807, 2.05) is 0 Å². The lowest BCUT2D eigenvalue weighted by Crippen LogP contribution is -2.09. The minimum Gasteiger partial charge on any atom is -0.370 e. The van der Waals surface area contributed by atoms with Crippen LogP contribution in [-0.2, 0) is 4.79 Å². The predicted molar refractivity (Wildman–Crippen MR) is 50.9 cm³/mol. The standard InChI is InChI=1S/C8H16N4O/c9-8(13)6-4-2-1-3-5-7-11-12-10/h1-7H2,(H2,9,13). The molecular formula is C8H16N4O. The van der Waals surface area contributed by atoms with Crippen molar-refractivity contribution in [2.24, 2.45) is 10.8 Å². The maximum atomic E-state index is 10.3. The molecule has 5 heteroatoms. The summed E-state index contributed by atoms with van der Waals surface area (Å²) in [5, 5.41) is 3.42. The highest BCUT2D eigenvalue weighted by Gasteiger charge is 1.94. The van der Waals surface area contributed by atoms with Crippen LogP contribution in [-0.4, -0.2) is 12.5 Å². The molecule has 0 rings (SSSR count). The van der Waals surface area contributed by atoms with Crippen molar-refractivity contribution in [2.75, 3.05) is 6.54 Å². The topological polar surface area (TPSA) is 91.8 Å². The SMILES string of the molecule is [N-]=[N+]=NCCCCCCCC(N)=O. The van der Waals surface area contributed by atoms with Crippen LogP contribution in [0.2, 0.25) is 0 Å². The van der Waals surface area contributed by atoms with Gasteiger partial charge in [-0.05, 0) is 18.4 Å². The largest absolute Gasteiger partial charge is 0.370 e. The molecule has 0 atom stereocenters. The van der Waals surface area contributed by atoms with Crippen molar-refractivity contribution >= 4 is 5.91 Å². The van der Waals surface area contributed by atoms with Crippen molar-refractivity contribution < 1.29 is 4.79 Å². The van der Waals surface area contributed by atoms with Gasteiger partial charge in [0.1, 0.15) is 0 Å². The summed E-state index contributed by atoms with van der Waals surface area (Å²) in [6, 6.07) is 0. The first-order valence-electron chi connectivity index (χ1n) is 4.56. The second-order valence-electron chi connectivity index (χ2n) is 2.94. The molecule has 13 heavy (non-hydrogen) atoms. The van der Waals surface area contributed by atoms with Gasteiger partial charge in [-0.2, -0.15) is 0 Å². The highest BCUT2D eigenvalue weighted by molar-refractivity contribution is 5.73. The number of amides is 1. The fourth-order valence-electron chi connectivity index (χ4n) is 1.06. The van der Waals surface area contributed by atoms with E-state index < -0.39 is 0 Å². The van der Waals surface area contributed by atoms with Crippen molar-refractivity contribution in [3.63, 3.8) is 0 Å². The van der Waals surface area contributed by atoms with Crippen LogP contribution in [0.5, 0.6) is 0 Å². The van der Waals surface area contributed by atoms with Crippen LogP contribution < -0.4 is 5.73 Å². The van der Waals surface area contributed by atoms with E-state index in [0.717, 1.165) is 32.1 Å². The second kappa shape index (κ2) is 8.87. The highest BCUT2D eigenvalue weighted by Crippen LogP contribution is 2.04. The van der Waals surface area contributed by atoms with Gasteiger partial charge in [0.15, 0.2) is 0 Å². The van der Waals surface area contributed by atoms with E-state index in [2.05, 4.69) is 10.0 Å². The second-order valence-corrected chi connectivity index (χ2v) is 2.94. The van der Waals surface area contributed by atoms with Gasteiger partial charge in [0.05, 0.1) is 0 Å². The average Bonchev–Trinajstić information content (AvgIpc) is 2.09. The van der Waals surface area contributed by atoms with E-state index in [9.17, 15) is 4.79 Å². The van der Waals surface area contributed by atoms with E-state index >= 15 is 0 Å². The molecule has 0 aromatic rings. The summed E-state index contributed by atoms with van der Waals surface area (Å²) in [5.74, 6) is -0.228. The zero-order valence-electron chi connectivity index (χ0n) is 7.78. The fraction of sp³-hybridized carbons (Fsp3) is 0.875. The third kappa shape index (κ3) is 10.8. The molecule has 0 unspecified atom stereocenters. The average molecular weight is 184 g/mol. The molecule has 5 nitrogen and oxygen atoms in total. The Hall–Kier alpha value is -1.22. The molecule has 0 fully saturated rings. The van der Waals surface area contributed by atoms with Gasteiger partial charge in [-0.1, -0.05) is 24.4 Å². The first kappa shape index (κ1) is 11.8. The number of azide groups is 1. The molecule has 1 amide bonds. The zero-order valence-corrected chi connectivity index (χ0v) is 7.78. The molecule has 0 aromatic carbocycles. The molecule has 0 saturated heterocycles. The van der Waals surface area contributed by atoms with Gasteiger partial charge in [0.25, 0.3) is 0 Å². The molecule has 0 aliphatic rings. The normalized spacial score (nSPS) is 9.23. The van der Waals surface area contributed by atoms with Crippen LogP contribution in [0.25, 0.3) is 10.4 Å². The predicted octanol–water partition coefficient (Wildman–Crippen LogP) is 2.12.